The fraction of sp³-hybridized carbons (Fsp3) is 0.269. The molecule has 2 unspecified atom stereocenters. The van der Waals surface area contributed by atoms with E-state index >= 15 is 0 Å². The van der Waals surface area contributed by atoms with Crippen LogP contribution in [-0.4, -0.2) is 41.8 Å². The molecule has 4 aromatic rings. The summed E-state index contributed by atoms with van der Waals surface area (Å²) in [5, 5.41) is 1.63. The summed E-state index contributed by atoms with van der Waals surface area (Å²) in [6, 6.07) is 18.2. The first-order valence-corrected chi connectivity index (χ1v) is 12.8. The minimum atomic E-state index is -4.42. The number of hydrogen-bond donors (Lipinski definition) is 1. The summed E-state index contributed by atoms with van der Waals surface area (Å²) in [6.45, 7) is 3.10. The van der Waals surface area contributed by atoms with Gasteiger partial charge in [0.25, 0.3) is 10.1 Å². The number of benzene rings is 3. The molecule has 35 heavy (non-hydrogen) atoms. The van der Waals surface area contributed by atoms with Crippen LogP contribution in [0.15, 0.2) is 84.3 Å². The second-order valence-corrected chi connectivity index (χ2v) is 9.83. The van der Waals surface area contributed by atoms with E-state index in [9.17, 15) is 13.0 Å². The van der Waals surface area contributed by atoms with Crippen LogP contribution in [0.3, 0.4) is 0 Å². The predicted octanol–water partition coefficient (Wildman–Crippen LogP) is 4.19. The Kier molecular flexibility index (Phi) is 6.33. The Balaban J connectivity index is 1.50. The molecule has 8 nitrogen and oxygen atoms in total. The van der Waals surface area contributed by atoms with Gasteiger partial charge in [-0.05, 0) is 53.6 Å². The molecule has 0 spiro atoms. The largest absolute Gasteiger partial charge is 0.494 e. The number of aromatic nitrogens is 2. The fourth-order valence-electron chi connectivity index (χ4n) is 4.58. The molecule has 5 rings (SSSR count). The lowest BCUT2D eigenvalue weighted by atomic mass is 10.00. The first kappa shape index (κ1) is 23.5. The van der Waals surface area contributed by atoms with E-state index in [0.29, 0.717) is 18.7 Å². The van der Waals surface area contributed by atoms with E-state index in [4.69, 9.17) is 14.2 Å². The van der Waals surface area contributed by atoms with Gasteiger partial charge in [-0.25, -0.2) is 4.98 Å². The summed E-state index contributed by atoms with van der Waals surface area (Å²) >= 11 is 0. The maximum Gasteiger partial charge on any atom is 0.294 e. The van der Waals surface area contributed by atoms with E-state index in [-0.39, 0.29) is 17.9 Å². The van der Waals surface area contributed by atoms with Crippen LogP contribution in [0.25, 0.3) is 10.8 Å². The van der Waals surface area contributed by atoms with Crippen molar-refractivity contribution in [2.45, 2.75) is 36.7 Å². The molecule has 1 aliphatic rings. The normalized spacial score (nSPS) is 20.3. The smallest absolute Gasteiger partial charge is 0.294 e. The van der Waals surface area contributed by atoms with Crippen LogP contribution >= 0.6 is 0 Å². The molecule has 9 heteroatoms. The highest BCUT2D eigenvalue weighted by molar-refractivity contribution is 7.85. The third-order valence-electron chi connectivity index (χ3n) is 6.12. The van der Waals surface area contributed by atoms with Gasteiger partial charge in [0.2, 0.25) is 5.79 Å². The number of imidazole rings is 1. The lowest BCUT2D eigenvalue weighted by Gasteiger charge is -2.29. The zero-order valence-corrected chi connectivity index (χ0v) is 20.0. The van der Waals surface area contributed by atoms with E-state index in [1.54, 1.807) is 18.6 Å². The quantitative estimate of drug-likeness (QED) is 0.367. The third-order valence-corrected chi connectivity index (χ3v) is 7.06. The van der Waals surface area contributed by atoms with Gasteiger partial charge in [0.15, 0.2) is 0 Å². The number of fused-ring (bicyclic) bond motifs is 1. The highest BCUT2D eigenvalue weighted by atomic mass is 32.2. The van der Waals surface area contributed by atoms with E-state index in [2.05, 4.69) is 4.98 Å². The molecule has 0 amide bonds. The number of rotatable bonds is 8. The summed E-state index contributed by atoms with van der Waals surface area (Å²) in [5.41, 5.74) is 1.31. The summed E-state index contributed by atoms with van der Waals surface area (Å²) in [4.78, 5) is 4.01. The van der Waals surface area contributed by atoms with Crippen molar-refractivity contribution in [3.8, 4) is 5.75 Å². The van der Waals surface area contributed by atoms with Crippen LogP contribution < -0.4 is 4.74 Å². The van der Waals surface area contributed by atoms with Gasteiger partial charge in [-0.15, -0.1) is 0 Å². The second kappa shape index (κ2) is 9.43. The first-order valence-electron chi connectivity index (χ1n) is 11.4. The molecule has 0 bridgehead atoms. The molecule has 182 valence electrons. The molecule has 3 aromatic carbocycles. The van der Waals surface area contributed by atoms with Gasteiger partial charge in [0.1, 0.15) is 5.75 Å². The van der Waals surface area contributed by atoms with Crippen molar-refractivity contribution in [3.05, 3.63) is 90.5 Å². The van der Waals surface area contributed by atoms with Crippen LogP contribution in [0.1, 0.15) is 18.1 Å². The minimum Gasteiger partial charge on any atom is -0.494 e. The van der Waals surface area contributed by atoms with Crippen LogP contribution in [0.5, 0.6) is 5.75 Å². The zero-order chi connectivity index (χ0) is 24.5. The molecule has 2 heterocycles. The molecule has 0 aliphatic carbocycles. The average molecular weight is 495 g/mol. The van der Waals surface area contributed by atoms with E-state index in [1.807, 2.05) is 66.2 Å². The lowest BCUT2D eigenvalue weighted by molar-refractivity contribution is -0.186. The highest BCUT2D eigenvalue weighted by Crippen LogP contribution is 2.39. The molecule has 0 radical (unpaired) electrons. The minimum absolute atomic E-state index is 0.118. The van der Waals surface area contributed by atoms with Crippen molar-refractivity contribution in [1.82, 2.24) is 9.55 Å². The van der Waals surface area contributed by atoms with Crippen LogP contribution in [0, 0.1) is 0 Å². The second-order valence-electron chi connectivity index (χ2n) is 8.44. The third kappa shape index (κ3) is 4.81. The first-order chi connectivity index (χ1) is 16.9. The van der Waals surface area contributed by atoms with E-state index < -0.39 is 22.0 Å². The Morgan fingerprint density at radius 2 is 1.94 bits per heavy atom. The Morgan fingerprint density at radius 3 is 2.66 bits per heavy atom. The molecule has 1 N–H and O–H groups in total. The molecule has 1 fully saturated rings. The fourth-order valence-corrected chi connectivity index (χ4v) is 5.32. The highest BCUT2D eigenvalue weighted by Gasteiger charge is 2.44. The van der Waals surface area contributed by atoms with Gasteiger partial charge < -0.3 is 18.8 Å². The number of nitrogens with zero attached hydrogens (tertiary/aromatic N) is 2. The van der Waals surface area contributed by atoms with Crippen molar-refractivity contribution >= 4 is 20.9 Å². The Bertz CT molecular complexity index is 1420. The molecule has 1 saturated heterocycles. The predicted molar refractivity (Wildman–Crippen MR) is 130 cm³/mol. The van der Waals surface area contributed by atoms with Crippen molar-refractivity contribution < 1.29 is 27.2 Å². The topological polar surface area (TPSA) is 99.9 Å². The summed E-state index contributed by atoms with van der Waals surface area (Å²) in [7, 11) is -4.42. The van der Waals surface area contributed by atoms with Gasteiger partial charge in [-0.1, -0.05) is 30.3 Å². The molecule has 1 aromatic heterocycles. The number of ether oxygens (including phenoxy) is 3. The lowest BCUT2D eigenvalue weighted by Crippen LogP contribution is -2.33. The Hall–Kier alpha value is -3.24. The Morgan fingerprint density at radius 1 is 1.14 bits per heavy atom. The SMILES string of the molecule is CCOc1ccc(C2(Cn3ccnc3)OCC(Cc3c(S(=O)(=O)O)ccc4ccccc34)O2)cc1. The molecular weight excluding hydrogens is 468 g/mol. The monoisotopic (exact) mass is 494 g/mol. The van der Waals surface area contributed by atoms with Crippen molar-refractivity contribution in [1.29, 1.82) is 0 Å². The molecule has 2 atom stereocenters. The maximum atomic E-state index is 12.2. The molecule has 1 aliphatic heterocycles. The van der Waals surface area contributed by atoms with E-state index in [0.717, 1.165) is 22.1 Å². The molecular formula is C26H26N2O6S. The number of hydrogen-bond acceptors (Lipinski definition) is 6. The van der Waals surface area contributed by atoms with Crippen molar-refractivity contribution in [2.75, 3.05) is 13.2 Å². The average Bonchev–Trinajstić information content (AvgIpc) is 3.50. The summed E-state index contributed by atoms with van der Waals surface area (Å²) < 4.78 is 54.5. The molecule has 0 saturated carbocycles. The summed E-state index contributed by atoms with van der Waals surface area (Å²) in [5.74, 6) is -0.351. The van der Waals surface area contributed by atoms with Crippen LogP contribution in [0.4, 0.5) is 0 Å². The van der Waals surface area contributed by atoms with Gasteiger partial charge in [0.05, 0.1) is 37.1 Å². The summed E-state index contributed by atoms with van der Waals surface area (Å²) in [6.07, 6.45) is 5.01. The van der Waals surface area contributed by atoms with Crippen LogP contribution in [-0.2, 0) is 38.3 Å². The van der Waals surface area contributed by atoms with Gasteiger partial charge in [-0.2, -0.15) is 8.42 Å². The van der Waals surface area contributed by atoms with Crippen molar-refractivity contribution in [2.24, 2.45) is 0 Å². The van der Waals surface area contributed by atoms with Gasteiger partial charge >= 0.3 is 0 Å². The standard InChI is InChI=1S/C26H26N2O6S/c1-2-32-21-10-8-20(9-11-21)26(17-28-14-13-27-18-28)33-16-22(34-26)15-24-23-6-4-3-5-19(23)7-12-25(24)35(29,30)31/h3-14,18,22H,2,15-17H2,1H3,(H,29,30,31). The van der Waals surface area contributed by atoms with Crippen molar-refractivity contribution in [3.63, 3.8) is 0 Å². The van der Waals surface area contributed by atoms with Crippen LogP contribution in [0.2, 0.25) is 0 Å². The van der Waals surface area contributed by atoms with Gasteiger partial charge in [0, 0.05) is 24.4 Å². The van der Waals surface area contributed by atoms with E-state index in [1.165, 1.54) is 6.07 Å². The Labute approximate surface area is 203 Å². The van der Waals surface area contributed by atoms with Gasteiger partial charge in [-0.3, -0.25) is 4.55 Å². The zero-order valence-electron chi connectivity index (χ0n) is 19.2. The maximum absolute atomic E-state index is 12.2.